The largest absolute Gasteiger partial charge is 1.00 e. The standard InChI is InChI=1S/C20H41NO.ClH/c1-4-19(20(21,5-2)6-3)17-15-13-11-9-7-8-10-12-14-16-18-22;/h18-19H,4-17,21H2,1-3H3;1H. The molecule has 3 heteroatoms. The number of hydrogen-bond acceptors (Lipinski definition) is 1. The van der Waals surface area contributed by atoms with Crippen LogP contribution in [-0.4, -0.2) is 11.8 Å². The molecule has 0 rings (SSSR count). The van der Waals surface area contributed by atoms with Crippen molar-refractivity contribution in [3.8, 4) is 0 Å². The van der Waals surface area contributed by atoms with Crippen molar-refractivity contribution in [1.29, 1.82) is 0 Å². The van der Waals surface area contributed by atoms with Crippen molar-refractivity contribution in [3.63, 3.8) is 0 Å². The molecule has 0 saturated carbocycles. The number of hydrogen-bond donors (Lipinski definition) is 1. The van der Waals surface area contributed by atoms with E-state index in [2.05, 4.69) is 26.5 Å². The number of unbranched alkanes of at least 4 members (excludes halogenated alkanes) is 9. The highest BCUT2D eigenvalue weighted by molar-refractivity contribution is 5.48. The summed E-state index contributed by atoms with van der Waals surface area (Å²) >= 11 is 0. The Balaban J connectivity index is 0. The second-order valence-corrected chi connectivity index (χ2v) is 7.10. The summed E-state index contributed by atoms with van der Waals surface area (Å²) in [6.07, 6.45) is 18.8. The predicted octanol–water partition coefficient (Wildman–Crippen LogP) is 2.31. The van der Waals surface area contributed by atoms with Gasteiger partial charge in [0.25, 0.3) is 0 Å². The van der Waals surface area contributed by atoms with Crippen LogP contribution >= 0.6 is 0 Å². The summed E-state index contributed by atoms with van der Waals surface area (Å²) in [5.74, 6) is 0.806. The molecule has 0 aromatic heterocycles. The van der Waals surface area contributed by atoms with Gasteiger partial charge >= 0.3 is 0 Å². The molecule has 0 aromatic rings. The van der Waals surface area contributed by atoms with Gasteiger partial charge in [-0.15, -0.1) is 0 Å². The van der Waals surface area contributed by atoms with Gasteiger partial charge in [0.1, 0.15) is 6.29 Å². The van der Waals surface area contributed by atoms with Crippen molar-refractivity contribution in [2.24, 2.45) is 5.92 Å². The Labute approximate surface area is 151 Å². The SMILES string of the molecule is CCC(CCCCCCCCCCCC=O)C([NH3+])(CC)CC.[Cl-]. The molecule has 0 bridgehead atoms. The maximum atomic E-state index is 10.2. The van der Waals surface area contributed by atoms with Crippen molar-refractivity contribution >= 4 is 6.29 Å². The molecule has 0 saturated heterocycles. The normalized spacial score (nSPS) is 12.7. The molecule has 0 aliphatic heterocycles. The van der Waals surface area contributed by atoms with E-state index in [-0.39, 0.29) is 12.4 Å². The summed E-state index contributed by atoms with van der Waals surface area (Å²) in [7, 11) is 0. The fourth-order valence-corrected chi connectivity index (χ4v) is 3.63. The zero-order valence-electron chi connectivity index (χ0n) is 16.0. The summed E-state index contributed by atoms with van der Waals surface area (Å²) in [5, 5.41) is 0. The first-order valence-electron chi connectivity index (χ1n) is 9.93. The summed E-state index contributed by atoms with van der Waals surface area (Å²) in [4.78, 5) is 10.2. The number of carbonyl (C=O) groups excluding carboxylic acids is 1. The third kappa shape index (κ3) is 12.0. The smallest absolute Gasteiger partial charge is 0.119 e. The summed E-state index contributed by atoms with van der Waals surface area (Å²) in [5.41, 5.74) is 4.84. The van der Waals surface area contributed by atoms with Gasteiger partial charge in [0, 0.05) is 12.3 Å². The lowest BCUT2D eigenvalue weighted by Gasteiger charge is -2.32. The van der Waals surface area contributed by atoms with E-state index in [0.29, 0.717) is 5.54 Å². The first-order chi connectivity index (χ1) is 10.6. The number of carbonyl (C=O) groups is 1. The fraction of sp³-hybridized carbons (Fsp3) is 0.950. The van der Waals surface area contributed by atoms with E-state index in [4.69, 9.17) is 0 Å². The zero-order valence-corrected chi connectivity index (χ0v) is 16.8. The Bertz CT molecular complexity index is 254. The van der Waals surface area contributed by atoms with Crippen molar-refractivity contribution in [2.75, 3.05) is 0 Å². The molecule has 1 atom stereocenters. The lowest BCUT2D eigenvalue weighted by Crippen LogP contribution is -3.00. The molecule has 0 heterocycles. The highest BCUT2D eigenvalue weighted by Gasteiger charge is 2.33. The van der Waals surface area contributed by atoms with E-state index in [9.17, 15) is 4.79 Å². The Morgan fingerprint density at radius 2 is 1.26 bits per heavy atom. The third-order valence-corrected chi connectivity index (χ3v) is 5.64. The van der Waals surface area contributed by atoms with Gasteiger partial charge in [-0.2, -0.15) is 0 Å². The number of halogens is 1. The molecule has 1 unspecified atom stereocenters. The van der Waals surface area contributed by atoms with Crippen LogP contribution in [0.1, 0.15) is 111 Å². The van der Waals surface area contributed by atoms with Crippen molar-refractivity contribution in [2.45, 2.75) is 116 Å². The fourth-order valence-electron chi connectivity index (χ4n) is 3.63. The molecule has 2 nitrogen and oxygen atoms in total. The summed E-state index contributed by atoms with van der Waals surface area (Å²) in [6, 6.07) is 0. The molecule has 3 N–H and O–H groups in total. The van der Waals surface area contributed by atoms with Gasteiger partial charge in [0.15, 0.2) is 0 Å². The topological polar surface area (TPSA) is 44.7 Å². The van der Waals surface area contributed by atoms with Gasteiger partial charge in [-0.25, -0.2) is 0 Å². The van der Waals surface area contributed by atoms with Crippen LogP contribution in [0.5, 0.6) is 0 Å². The van der Waals surface area contributed by atoms with Crippen LogP contribution in [0, 0.1) is 5.92 Å². The first-order valence-corrected chi connectivity index (χ1v) is 9.93. The quantitative estimate of drug-likeness (QED) is 0.338. The van der Waals surface area contributed by atoms with Crippen LogP contribution in [0.15, 0.2) is 0 Å². The lowest BCUT2D eigenvalue weighted by atomic mass is 9.76. The molecular formula is C20H42ClNO. The van der Waals surface area contributed by atoms with Crippen LogP contribution < -0.4 is 18.1 Å². The van der Waals surface area contributed by atoms with E-state index in [1.165, 1.54) is 77.0 Å². The van der Waals surface area contributed by atoms with Crippen LogP contribution in [0.4, 0.5) is 0 Å². The maximum absolute atomic E-state index is 10.2. The van der Waals surface area contributed by atoms with Gasteiger partial charge < -0.3 is 22.9 Å². The minimum atomic E-state index is 0. The lowest BCUT2D eigenvalue weighted by molar-refractivity contribution is -0.495. The highest BCUT2D eigenvalue weighted by atomic mass is 35.5. The molecule has 0 spiro atoms. The van der Waals surface area contributed by atoms with E-state index in [1.54, 1.807) is 0 Å². The molecule has 0 aliphatic carbocycles. The van der Waals surface area contributed by atoms with Crippen LogP contribution in [-0.2, 0) is 4.79 Å². The van der Waals surface area contributed by atoms with E-state index < -0.39 is 0 Å². The third-order valence-electron chi connectivity index (χ3n) is 5.64. The monoisotopic (exact) mass is 347 g/mol. The molecule has 0 aliphatic rings. The molecule has 23 heavy (non-hydrogen) atoms. The van der Waals surface area contributed by atoms with Gasteiger partial charge in [0.2, 0.25) is 0 Å². The van der Waals surface area contributed by atoms with Gasteiger partial charge in [-0.1, -0.05) is 72.1 Å². The minimum absolute atomic E-state index is 0. The minimum Gasteiger partial charge on any atom is -1.00 e. The summed E-state index contributed by atoms with van der Waals surface area (Å²) in [6.45, 7) is 6.93. The van der Waals surface area contributed by atoms with Gasteiger partial charge in [-0.05, 0) is 32.1 Å². The highest BCUT2D eigenvalue weighted by Crippen LogP contribution is 2.28. The van der Waals surface area contributed by atoms with E-state index in [0.717, 1.165) is 25.0 Å². The van der Waals surface area contributed by atoms with Crippen molar-refractivity contribution in [3.05, 3.63) is 0 Å². The Morgan fingerprint density at radius 3 is 1.65 bits per heavy atom. The molecule has 0 amide bonds. The number of quaternary nitrogens is 1. The second kappa shape index (κ2) is 16.8. The molecule has 0 aromatic carbocycles. The van der Waals surface area contributed by atoms with E-state index in [1.807, 2.05) is 0 Å². The van der Waals surface area contributed by atoms with Crippen molar-refractivity contribution < 1.29 is 22.9 Å². The molecular weight excluding hydrogens is 306 g/mol. The number of rotatable bonds is 16. The van der Waals surface area contributed by atoms with Crippen molar-refractivity contribution in [1.82, 2.24) is 0 Å². The van der Waals surface area contributed by atoms with E-state index >= 15 is 0 Å². The van der Waals surface area contributed by atoms with Gasteiger partial charge in [-0.3, -0.25) is 0 Å². The average molecular weight is 348 g/mol. The van der Waals surface area contributed by atoms with Crippen LogP contribution in [0.25, 0.3) is 0 Å². The number of aldehydes is 1. The Kier molecular flexibility index (Phi) is 18.3. The first kappa shape index (κ1) is 25.2. The maximum Gasteiger partial charge on any atom is 0.119 e. The molecule has 0 radical (unpaired) electrons. The van der Waals surface area contributed by atoms with Crippen LogP contribution in [0.2, 0.25) is 0 Å². The zero-order chi connectivity index (χ0) is 16.7. The molecule has 0 fully saturated rings. The predicted molar refractivity (Wildman–Crippen MR) is 96.8 cm³/mol. The Morgan fingerprint density at radius 1 is 0.826 bits per heavy atom. The van der Waals surface area contributed by atoms with Gasteiger partial charge in [0.05, 0.1) is 5.54 Å². The average Bonchev–Trinajstić information content (AvgIpc) is 2.55. The second-order valence-electron chi connectivity index (χ2n) is 7.10. The Hall–Kier alpha value is -0.0800. The van der Waals surface area contributed by atoms with Crippen LogP contribution in [0.3, 0.4) is 0 Å². The summed E-state index contributed by atoms with van der Waals surface area (Å²) < 4.78 is 0. The molecule has 140 valence electrons.